The van der Waals surface area contributed by atoms with Gasteiger partial charge in [0.15, 0.2) is 0 Å². The van der Waals surface area contributed by atoms with Gasteiger partial charge in [0.1, 0.15) is 0 Å². The van der Waals surface area contributed by atoms with Crippen molar-refractivity contribution in [2.24, 2.45) is 0 Å². The first-order chi connectivity index (χ1) is 12.5. The Morgan fingerprint density at radius 3 is 1.14 bits per heavy atom. The van der Waals surface area contributed by atoms with Crippen LogP contribution >= 0.6 is 0 Å². The topological polar surface area (TPSA) is 127 Å². The number of rotatable bonds is 8. The predicted octanol–water partition coefficient (Wildman–Crippen LogP) is -0.364. The molecule has 0 heterocycles. The Bertz CT molecular complexity index is 711. The molecule has 18 heteroatoms. The fourth-order valence-corrected chi connectivity index (χ4v) is 3.20. The van der Waals surface area contributed by atoms with Crippen molar-refractivity contribution in [1.29, 1.82) is 0 Å². The maximum Gasteiger partial charge on any atom is 0.516 e. The first kappa shape index (κ1) is 26.3. The molecule has 0 aliphatic rings. The third kappa shape index (κ3) is 5.67. The highest BCUT2D eigenvalue weighted by atomic mass is 32.2. The standard InChI is InChI=1S/C10H14F6N2O8S2/c1-25-5-3-17(27(21,22)9(11,12)13)7(19)8(20)18(4-6-26-2)28(23,24)10(14,15)16/h3-6H2,1-2H3. The van der Waals surface area contributed by atoms with Crippen LogP contribution in [0.15, 0.2) is 0 Å². The minimum atomic E-state index is -6.54. The van der Waals surface area contributed by atoms with E-state index in [0.717, 1.165) is 14.2 Å². The summed E-state index contributed by atoms with van der Waals surface area (Å²) in [4.78, 5) is 23.9. The Morgan fingerprint density at radius 2 is 0.964 bits per heavy atom. The molecule has 0 bridgehead atoms. The SMILES string of the molecule is COCCN(C(=O)C(=O)N(CCOC)S(=O)(=O)C(F)(F)F)S(=O)(=O)C(F)(F)F. The fourth-order valence-electron chi connectivity index (χ4n) is 1.47. The molecule has 0 aromatic rings. The average molecular weight is 468 g/mol. The van der Waals surface area contributed by atoms with Crippen molar-refractivity contribution < 1.29 is 62.2 Å². The van der Waals surface area contributed by atoms with Gasteiger partial charge in [0.05, 0.1) is 26.3 Å². The number of carbonyl (C=O) groups excluding carboxylic acids is 2. The minimum absolute atomic E-state index is 0.877. The molecular formula is C10H14F6N2O8S2. The number of hydrogen-bond donors (Lipinski definition) is 0. The zero-order valence-corrected chi connectivity index (χ0v) is 15.7. The van der Waals surface area contributed by atoms with Crippen molar-refractivity contribution >= 4 is 31.9 Å². The lowest BCUT2D eigenvalue weighted by Crippen LogP contribution is -2.55. The molecule has 0 spiro atoms. The van der Waals surface area contributed by atoms with Gasteiger partial charge in [-0.15, -0.1) is 0 Å². The first-order valence-corrected chi connectivity index (χ1v) is 9.59. The highest BCUT2D eigenvalue weighted by Gasteiger charge is 2.56. The number of hydrogen-bond acceptors (Lipinski definition) is 8. The summed E-state index contributed by atoms with van der Waals surface area (Å²) in [6.07, 6.45) is 0. The molecule has 0 aromatic carbocycles. The van der Waals surface area contributed by atoms with Crippen LogP contribution in [0.5, 0.6) is 0 Å². The number of nitrogens with zero attached hydrogens (tertiary/aromatic N) is 2. The van der Waals surface area contributed by atoms with E-state index in [1.807, 2.05) is 0 Å². The maximum atomic E-state index is 12.7. The Labute approximate surface area is 155 Å². The van der Waals surface area contributed by atoms with E-state index in [1.54, 1.807) is 0 Å². The second-order valence-electron chi connectivity index (χ2n) is 4.64. The summed E-state index contributed by atoms with van der Waals surface area (Å²) < 4.78 is 128. The monoisotopic (exact) mass is 468 g/mol. The van der Waals surface area contributed by atoms with E-state index >= 15 is 0 Å². The summed E-state index contributed by atoms with van der Waals surface area (Å²) >= 11 is 0. The van der Waals surface area contributed by atoms with Crippen LogP contribution in [0.1, 0.15) is 0 Å². The maximum absolute atomic E-state index is 12.7. The molecule has 0 saturated heterocycles. The summed E-state index contributed by atoms with van der Waals surface area (Å²) in [5.74, 6) is -5.36. The average Bonchev–Trinajstić information content (AvgIpc) is 2.52. The Balaban J connectivity index is 6.23. The van der Waals surface area contributed by atoms with Gasteiger partial charge in [-0.05, 0) is 0 Å². The summed E-state index contributed by atoms with van der Waals surface area (Å²) in [7, 11) is -11.3. The molecule has 0 N–H and O–H groups in total. The Hall–Kier alpha value is -1.66. The van der Waals surface area contributed by atoms with Gasteiger partial charge >= 0.3 is 42.9 Å². The van der Waals surface area contributed by atoms with Crippen molar-refractivity contribution in [3.05, 3.63) is 0 Å². The van der Waals surface area contributed by atoms with Crippen molar-refractivity contribution in [2.45, 2.75) is 11.0 Å². The van der Waals surface area contributed by atoms with Crippen LogP contribution < -0.4 is 0 Å². The first-order valence-electron chi connectivity index (χ1n) is 6.71. The molecule has 0 unspecified atom stereocenters. The number of halogens is 6. The number of amides is 2. The molecule has 0 saturated carbocycles. The second-order valence-corrected chi connectivity index (χ2v) is 8.35. The highest BCUT2D eigenvalue weighted by Crippen LogP contribution is 2.29. The van der Waals surface area contributed by atoms with Crippen molar-refractivity contribution in [3.63, 3.8) is 0 Å². The van der Waals surface area contributed by atoms with Gasteiger partial charge < -0.3 is 9.47 Å². The zero-order chi connectivity index (χ0) is 22.6. The smallest absolute Gasteiger partial charge is 0.383 e. The van der Waals surface area contributed by atoms with Gasteiger partial charge in [-0.2, -0.15) is 43.2 Å². The molecule has 0 radical (unpaired) electrons. The molecule has 0 aromatic heterocycles. The number of carbonyl (C=O) groups is 2. The molecule has 166 valence electrons. The van der Waals surface area contributed by atoms with Crippen LogP contribution in [0.4, 0.5) is 26.3 Å². The van der Waals surface area contributed by atoms with Crippen LogP contribution in [0.3, 0.4) is 0 Å². The van der Waals surface area contributed by atoms with E-state index in [-0.39, 0.29) is 0 Å². The van der Waals surface area contributed by atoms with Crippen molar-refractivity contribution in [2.75, 3.05) is 40.5 Å². The molecular weight excluding hydrogens is 454 g/mol. The zero-order valence-electron chi connectivity index (χ0n) is 14.1. The third-order valence-corrected chi connectivity index (χ3v) is 5.83. The second kappa shape index (κ2) is 9.23. The van der Waals surface area contributed by atoms with E-state index in [4.69, 9.17) is 0 Å². The van der Waals surface area contributed by atoms with E-state index in [2.05, 4.69) is 9.47 Å². The van der Waals surface area contributed by atoms with Gasteiger partial charge in [-0.3, -0.25) is 9.59 Å². The summed E-state index contributed by atoms with van der Waals surface area (Å²) in [5, 5.41) is 0. The number of ether oxygens (including phenoxy) is 2. The Kier molecular flexibility index (Phi) is 8.68. The minimum Gasteiger partial charge on any atom is -0.383 e. The molecule has 0 atom stereocenters. The van der Waals surface area contributed by atoms with Crippen LogP contribution in [0.2, 0.25) is 0 Å². The van der Waals surface area contributed by atoms with E-state index in [0.29, 0.717) is 0 Å². The summed E-state index contributed by atoms with van der Waals surface area (Å²) in [6.45, 7) is -4.60. The lowest BCUT2D eigenvalue weighted by molar-refractivity contribution is -0.147. The van der Waals surface area contributed by atoms with E-state index in [1.165, 1.54) is 0 Å². The molecule has 28 heavy (non-hydrogen) atoms. The molecule has 0 fully saturated rings. The Morgan fingerprint density at radius 1 is 0.714 bits per heavy atom. The van der Waals surface area contributed by atoms with Crippen LogP contribution in [0, 0.1) is 0 Å². The fraction of sp³-hybridized carbons (Fsp3) is 0.800. The molecule has 0 aliphatic heterocycles. The largest absolute Gasteiger partial charge is 0.516 e. The summed E-state index contributed by atoms with van der Waals surface area (Å²) in [5.41, 5.74) is -12.2. The van der Waals surface area contributed by atoms with Crippen LogP contribution in [-0.4, -0.2) is 88.8 Å². The molecule has 2 amide bonds. The third-order valence-electron chi connectivity index (χ3n) is 2.80. The van der Waals surface area contributed by atoms with Crippen molar-refractivity contribution in [3.8, 4) is 0 Å². The quantitative estimate of drug-likeness (QED) is 0.349. The van der Waals surface area contributed by atoms with E-state index < -0.39 is 77.8 Å². The van der Waals surface area contributed by atoms with Gasteiger partial charge in [0, 0.05) is 14.2 Å². The normalized spacial score (nSPS) is 13.3. The van der Waals surface area contributed by atoms with Gasteiger partial charge in [0.25, 0.3) is 0 Å². The van der Waals surface area contributed by atoms with Gasteiger partial charge in [-0.1, -0.05) is 0 Å². The number of methoxy groups -OCH3 is 2. The number of sulfonamides is 2. The lowest BCUT2D eigenvalue weighted by atomic mass is 10.5. The van der Waals surface area contributed by atoms with Crippen LogP contribution in [0.25, 0.3) is 0 Å². The molecule has 0 aliphatic carbocycles. The molecule has 0 rings (SSSR count). The molecule has 10 nitrogen and oxygen atoms in total. The van der Waals surface area contributed by atoms with Gasteiger partial charge in [0.2, 0.25) is 0 Å². The van der Waals surface area contributed by atoms with Gasteiger partial charge in [-0.25, -0.2) is 8.61 Å². The van der Waals surface area contributed by atoms with Crippen molar-refractivity contribution in [1.82, 2.24) is 8.61 Å². The number of alkyl halides is 6. The van der Waals surface area contributed by atoms with E-state index in [9.17, 15) is 52.8 Å². The summed E-state index contributed by atoms with van der Waals surface area (Å²) in [6, 6.07) is 0. The highest BCUT2D eigenvalue weighted by molar-refractivity contribution is 7.91. The van der Waals surface area contributed by atoms with Crippen LogP contribution in [-0.2, 0) is 39.1 Å². The lowest BCUT2D eigenvalue weighted by Gasteiger charge is -2.27. The predicted molar refractivity (Wildman–Crippen MR) is 77.1 cm³/mol.